The molecule has 2 aliphatic heterocycles. The number of rotatable bonds is 4. The van der Waals surface area contributed by atoms with Crippen LogP contribution in [0.15, 0.2) is 54.6 Å². The largest absolute Gasteiger partial charge is 0.366 e. The highest BCUT2D eigenvalue weighted by atomic mass is 19.1. The van der Waals surface area contributed by atoms with Crippen molar-refractivity contribution in [3.8, 4) is 0 Å². The SMILES string of the molecule is O=C(CN1CCCC1c1ccccc1)N1CCN(c2ccccc2F)CC1. The molecule has 0 aromatic heterocycles. The van der Waals surface area contributed by atoms with E-state index in [1.54, 1.807) is 6.07 Å². The summed E-state index contributed by atoms with van der Waals surface area (Å²) >= 11 is 0. The molecule has 5 heteroatoms. The van der Waals surface area contributed by atoms with Crippen LogP contribution in [0.25, 0.3) is 0 Å². The van der Waals surface area contributed by atoms with Crippen molar-refractivity contribution >= 4 is 11.6 Å². The van der Waals surface area contributed by atoms with Gasteiger partial charge in [-0.3, -0.25) is 9.69 Å². The van der Waals surface area contributed by atoms with Gasteiger partial charge in [0.1, 0.15) is 5.82 Å². The maximum absolute atomic E-state index is 14.0. The molecule has 2 fully saturated rings. The first-order chi connectivity index (χ1) is 13.2. The lowest BCUT2D eigenvalue weighted by atomic mass is 10.0. The number of para-hydroxylation sites is 1. The Balaban J connectivity index is 1.34. The van der Waals surface area contributed by atoms with Crippen LogP contribution in [-0.4, -0.2) is 55.0 Å². The Bertz CT molecular complexity index is 774. The number of likely N-dealkylation sites (tertiary alicyclic amines) is 1. The third kappa shape index (κ3) is 3.98. The van der Waals surface area contributed by atoms with Gasteiger partial charge in [0.15, 0.2) is 0 Å². The molecule has 1 atom stereocenters. The van der Waals surface area contributed by atoms with Crippen LogP contribution in [-0.2, 0) is 4.79 Å². The topological polar surface area (TPSA) is 26.8 Å². The van der Waals surface area contributed by atoms with Gasteiger partial charge in [0.25, 0.3) is 0 Å². The highest BCUT2D eigenvalue weighted by Crippen LogP contribution is 2.31. The molecule has 2 saturated heterocycles. The Labute approximate surface area is 160 Å². The number of carbonyl (C=O) groups excluding carboxylic acids is 1. The van der Waals surface area contributed by atoms with Crippen molar-refractivity contribution < 1.29 is 9.18 Å². The van der Waals surface area contributed by atoms with Gasteiger partial charge in [-0.15, -0.1) is 0 Å². The van der Waals surface area contributed by atoms with Crippen molar-refractivity contribution in [3.05, 3.63) is 66.0 Å². The molecule has 0 bridgehead atoms. The molecule has 4 nitrogen and oxygen atoms in total. The van der Waals surface area contributed by atoms with E-state index in [4.69, 9.17) is 0 Å². The second kappa shape index (κ2) is 8.09. The van der Waals surface area contributed by atoms with Crippen LogP contribution in [0.1, 0.15) is 24.4 Å². The Morgan fingerprint density at radius 3 is 2.37 bits per heavy atom. The summed E-state index contributed by atoms with van der Waals surface area (Å²) in [7, 11) is 0. The highest BCUT2D eigenvalue weighted by Gasteiger charge is 2.30. The third-order valence-electron chi connectivity index (χ3n) is 5.71. The minimum Gasteiger partial charge on any atom is -0.366 e. The van der Waals surface area contributed by atoms with Crippen molar-refractivity contribution in [1.29, 1.82) is 0 Å². The summed E-state index contributed by atoms with van der Waals surface area (Å²) < 4.78 is 14.0. The summed E-state index contributed by atoms with van der Waals surface area (Å²) in [5, 5.41) is 0. The van der Waals surface area contributed by atoms with Crippen molar-refractivity contribution in [2.45, 2.75) is 18.9 Å². The van der Waals surface area contributed by atoms with Crippen LogP contribution in [0.3, 0.4) is 0 Å². The fourth-order valence-corrected chi connectivity index (χ4v) is 4.25. The Hall–Kier alpha value is -2.40. The van der Waals surface area contributed by atoms with E-state index in [0.717, 1.165) is 19.4 Å². The van der Waals surface area contributed by atoms with Gasteiger partial charge in [-0.25, -0.2) is 4.39 Å². The molecule has 2 aromatic rings. The summed E-state index contributed by atoms with van der Waals surface area (Å²) in [6.45, 7) is 4.09. The van der Waals surface area contributed by atoms with Gasteiger partial charge in [-0.1, -0.05) is 42.5 Å². The fraction of sp³-hybridized carbons (Fsp3) is 0.409. The molecule has 1 unspecified atom stereocenters. The number of hydrogen-bond donors (Lipinski definition) is 0. The molecule has 0 aliphatic carbocycles. The standard InChI is InChI=1S/C22H26FN3O/c23-19-9-4-5-10-21(19)24-13-15-25(16-14-24)22(27)17-26-12-6-11-20(26)18-7-2-1-3-8-18/h1-5,7-10,20H,6,11-17H2. The Morgan fingerprint density at radius 2 is 1.63 bits per heavy atom. The predicted octanol–water partition coefficient (Wildman–Crippen LogP) is 3.31. The normalized spacial score (nSPS) is 20.9. The van der Waals surface area contributed by atoms with Crippen LogP contribution in [0.4, 0.5) is 10.1 Å². The fourth-order valence-electron chi connectivity index (χ4n) is 4.25. The minimum absolute atomic E-state index is 0.186. The summed E-state index contributed by atoms with van der Waals surface area (Å²) in [5.74, 6) is -0.00828. The average Bonchev–Trinajstić information content (AvgIpc) is 3.17. The molecular weight excluding hydrogens is 341 g/mol. The molecule has 0 saturated carbocycles. The molecule has 142 valence electrons. The molecule has 2 heterocycles. The average molecular weight is 367 g/mol. The number of anilines is 1. The molecule has 4 rings (SSSR count). The predicted molar refractivity (Wildman–Crippen MR) is 105 cm³/mol. The van der Waals surface area contributed by atoms with Crippen LogP contribution >= 0.6 is 0 Å². The Morgan fingerprint density at radius 1 is 0.926 bits per heavy atom. The van der Waals surface area contributed by atoms with E-state index >= 15 is 0 Å². The molecule has 27 heavy (non-hydrogen) atoms. The number of halogens is 1. The van der Waals surface area contributed by atoms with Crippen molar-refractivity contribution in [3.63, 3.8) is 0 Å². The molecule has 0 spiro atoms. The van der Waals surface area contributed by atoms with Crippen molar-refractivity contribution in [2.24, 2.45) is 0 Å². The second-order valence-electron chi connectivity index (χ2n) is 7.36. The van der Waals surface area contributed by atoms with E-state index in [9.17, 15) is 9.18 Å². The van der Waals surface area contributed by atoms with Gasteiger partial charge in [0, 0.05) is 32.2 Å². The zero-order valence-electron chi connectivity index (χ0n) is 15.6. The molecule has 1 amide bonds. The van der Waals surface area contributed by atoms with Gasteiger partial charge >= 0.3 is 0 Å². The third-order valence-corrected chi connectivity index (χ3v) is 5.71. The number of piperazine rings is 1. The van der Waals surface area contributed by atoms with Crippen LogP contribution < -0.4 is 4.90 Å². The molecule has 0 N–H and O–H groups in total. The zero-order chi connectivity index (χ0) is 18.6. The van der Waals surface area contributed by atoms with Gasteiger partial charge in [0.05, 0.1) is 12.2 Å². The first-order valence-corrected chi connectivity index (χ1v) is 9.78. The van der Waals surface area contributed by atoms with E-state index in [-0.39, 0.29) is 11.7 Å². The maximum Gasteiger partial charge on any atom is 0.236 e. The molecule has 0 radical (unpaired) electrons. The summed E-state index contributed by atoms with van der Waals surface area (Å²) in [6.07, 6.45) is 2.24. The van der Waals surface area contributed by atoms with Gasteiger partial charge < -0.3 is 9.80 Å². The number of nitrogens with zero attached hydrogens (tertiary/aromatic N) is 3. The Kier molecular flexibility index (Phi) is 5.39. The zero-order valence-corrected chi connectivity index (χ0v) is 15.6. The van der Waals surface area contributed by atoms with Crippen LogP contribution in [0.5, 0.6) is 0 Å². The first kappa shape index (κ1) is 18.0. The minimum atomic E-state index is -0.194. The lowest BCUT2D eigenvalue weighted by Crippen LogP contribution is -2.51. The number of carbonyl (C=O) groups is 1. The number of benzene rings is 2. The van der Waals surface area contributed by atoms with E-state index < -0.39 is 0 Å². The van der Waals surface area contributed by atoms with Crippen molar-refractivity contribution in [2.75, 3.05) is 44.2 Å². The lowest BCUT2D eigenvalue weighted by Gasteiger charge is -2.37. The van der Waals surface area contributed by atoms with Crippen LogP contribution in [0, 0.1) is 5.82 Å². The summed E-state index contributed by atoms with van der Waals surface area (Å²) in [5.41, 5.74) is 1.93. The first-order valence-electron chi connectivity index (χ1n) is 9.78. The lowest BCUT2D eigenvalue weighted by molar-refractivity contribution is -0.133. The molecule has 2 aromatic carbocycles. The van der Waals surface area contributed by atoms with E-state index in [1.807, 2.05) is 28.0 Å². The highest BCUT2D eigenvalue weighted by molar-refractivity contribution is 5.78. The van der Waals surface area contributed by atoms with E-state index in [0.29, 0.717) is 44.5 Å². The summed E-state index contributed by atoms with van der Waals surface area (Å²) in [4.78, 5) is 19.1. The molecular formula is C22H26FN3O. The number of amides is 1. The maximum atomic E-state index is 14.0. The second-order valence-corrected chi connectivity index (χ2v) is 7.36. The van der Waals surface area contributed by atoms with Crippen LogP contribution in [0.2, 0.25) is 0 Å². The van der Waals surface area contributed by atoms with Gasteiger partial charge in [-0.05, 0) is 37.1 Å². The number of hydrogen-bond acceptors (Lipinski definition) is 3. The monoisotopic (exact) mass is 367 g/mol. The molecule has 2 aliphatic rings. The van der Waals surface area contributed by atoms with E-state index in [1.165, 1.54) is 11.6 Å². The van der Waals surface area contributed by atoms with Crippen molar-refractivity contribution in [1.82, 2.24) is 9.80 Å². The smallest absolute Gasteiger partial charge is 0.236 e. The van der Waals surface area contributed by atoms with E-state index in [2.05, 4.69) is 29.2 Å². The quantitative estimate of drug-likeness (QED) is 0.830. The van der Waals surface area contributed by atoms with Gasteiger partial charge in [0.2, 0.25) is 5.91 Å². The van der Waals surface area contributed by atoms with Gasteiger partial charge in [-0.2, -0.15) is 0 Å². The summed E-state index contributed by atoms with van der Waals surface area (Å²) in [6, 6.07) is 17.7.